The fourth-order valence-corrected chi connectivity index (χ4v) is 7.20. The Hall–Kier alpha value is -0.120. The fraction of sp³-hybridized carbons (Fsp3) is 1.00. The molecule has 2 aliphatic heterocycles. The quantitative estimate of drug-likeness (QED) is 0.846. The predicted octanol–water partition coefficient (Wildman–Crippen LogP) is 2.67. The van der Waals surface area contributed by atoms with Gasteiger partial charge in [-0.15, -0.1) is 0 Å². The highest BCUT2D eigenvalue weighted by Crippen LogP contribution is 2.58. The van der Waals surface area contributed by atoms with E-state index in [2.05, 4.69) is 15.1 Å². The summed E-state index contributed by atoms with van der Waals surface area (Å²) >= 11 is 0. The van der Waals surface area contributed by atoms with Crippen molar-refractivity contribution in [3.63, 3.8) is 0 Å². The predicted molar refractivity (Wildman–Crippen MR) is 89.7 cm³/mol. The highest BCUT2D eigenvalue weighted by Gasteiger charge is 2.55. The molecule has 4 saturated carbocycles. The molecule has 6 fully saturated rings. The molecule has 1 N–H and O–H groups in total. The van der Waals surface area contributed by atoms with Gasteiger partial charge >= 0.3 is 0 Å². The average molecular weight is 303 g/mol. The van der Waals surface area contributed by atoms with Crippen molar-refractivity contribution in [1.29, 1.82) is 0 Å². The minimum Gasteiger partial charge on any atom is -0.313 e. The summed E-state index contributed by atoms with van der Waals surface area (Å²) < 4.78 is 0. The molecule has 0 aromatic rings. The van der Waals surface area contributed by atoms with Crippen LogP contribution in [-0.2, 0) is 0 Å². The van der Waals surface area contributed by atoms with Crippen molar-refractivity contribution in [3.8, 4) is 0 Å². The second kappa shape index (κ2) is 5.46. The zero-order valence-corrected chi connectivity index (χ0v) is 14.1. The number of nitrogens with one attached hydrogen (secondary N) is 1. The number of rotatable bonds is 2. The van der Waals surface area contributed by atoms with E-state index >= 15 is 0 Å². The van der Waals surface area contributed by atoms with E-state index in [9.17, 15) is 0 Å². The molecular weight excluding hydrogens is 270 g/mol. The highest BCUT2D eigenvalue weighted by molar-refractivity contribution is 5.09. The second-order valence-corrected chi connectivity index (χ2v) is 9.12. The molecule has 0 aromatic carbocycles. The van der Waals surface area contributed by atoms with Gasteiger partial charge in [0, 0.05) is 25.2 Å². The lowest BCUT2D eigenvalue weighted by molar-refractivity contribution is -0.140. The summed E-state index contributed by atoms with van der Waals surface area (Å²) in [5.41, 5.74) is 0.596. The van der Waals surface area contributed by atoms with Crippen LogP contribution in [0.3, 0.4) is 0 Å². The topological polar surface area (TPSA) is 18.5 Å². The molecule has 4 aliphatic carbocycles. The number of hydrogen-bond donors (Lipinski definition) is 1. The number of piperidine rings is 1. The zero-order chi connectivity index (χ0) is 14.6. The molecule has 3 nitrogen and oxygen atoms in total. The van der Waals surface area contributed by atoms with Crippen LogP contribution in [0.2, 0.25) is 0 Å². The maximum atomic E-state index is 3.71. The summed E-state index contributed by atoms with van der Waals surface area (Å²) in [7, 11) is 0. The molecule has 0 amide bonds. The third-order valence-electron chi connectivity index (χ3n) is 7.64. The smallest absolute Gasteiger partial charge is 0.0756 e. The van der Waals surface area contributed by atoms with Crippen LogP contribution >= 0.6 is 0 Å². The van der Waals surface area contributed by atoms with Crippen molar-refractivity contribution in [3.05, 3.63) is 0 Å². The summed E-state index contributed by atoms with van der Waals surface area (Å²) in [4.78, 5) is 5.85. The van der Waals surface area contributed by atoms with Crippen molar-refractivity contribution in [2.45, 2.75) is 69.5 Å². The number of hydrogen-bond acceptors (Lipinski definition) is 3. The van der Waals surface area contributed by atoms with Gasteiger partial charge in [-0.05, 0) is 82.2 Å². The van der Waals surface area contributed by atoms with Crippen LogP contribution in [0.25, 0.3) is 0 Å². The molecule has 0 spiro atoms. The molecule has 1 atom stereocenters. The van der Waals surface area contributed by atoms with Crippen molar-refractivity contribution in [1.82, 2.24) is 15.1 Å². The Balaban J connectivity index is 1.41. The molecule has 0 radical (unpaired) electrons. The monoisotopic (exact) mass is 303 g/mol. The average Bonchev–Trinajstić information content (AvgIpc) is 2.54. The number of piperazine rings is 1. The molecule has 6 rings (SSSR count). The zero-order valence-electron chi connectivity index (χ0n) is 14.1. The van der Waals surface area contributed by atoms with Crippen LogP contribution in [0.1, 0.15) is 57.8 Å². The van der Waals surface area contributed by atoms with Crippen molar-refractivity contribution >= 4 is 0 Å². The minimum absolute atomic E-state index is 0.596. The van der Waals surface area contributed by atoms with Gasteiger partial charge in [-0.2, -0.15) is 0 Å². The summed E-state index contributed by atoms with van der Waals surface area (Å²) in [5, 5.41) is 3.71. The summed E-state index contributed by atoms with van der Waals surface area (Å²) in [5.74, 6) is 3.22. The Morgan fingerprint density at radius 2 is 1.41 bits per heavy atom. The molecule has 22 heavy (non-hydrogen) atoms. The molecule has 1 unspecified atom stereocenters. The summed E-state index contributed by atoms with van der Waals surface area (Å²) in [6.45, 7) is 6.41. The van der Waals surface area contributed by atoms with E-state index in [0.717, 1.165) is 17.8 Å². The van der Waals surface area contributed by atoms with E-state index in [1.165, 1.54) is 71.2 Å². The Bertz CT molecular complexity index is 380. The number of likely N-dealkylation sites (tertiary alicyclic amines) is 1. The highest BCUT2D eigenvalue weighted by atomic mass is 15.4. The van der Waals surface area contributed by atoms with Gasteiger partial charge in [-0.25, -0.2) is 0 Å². The minimum atomic E-state index is 0.596. The first-order chi connectivity index (χ1) is 10.8. The lowest BCUT2D eigenvalue weighted by Gasteiger charge is -2.63. The van der Waals surface area contributed by atoms with Gasteiger partial charge in [0.2, 0.25) is 0 Å². The standard InChI is InChI=1S/C19H33N3/c1-2-5-21(6-3-1)18-14-20-4-7-22(18)19-11-15-8-16(12-19)10-17(9-15)13-19/h15-18,20H,1-14H2. The Labute approximate surface area is 135 Å². The molecule has 6 aliphatic rings. The molecular formula is C19H33N3. The third-order valence-corrected chi connectivity index (χ3v) is 7.64. The molecule has 2 heterocycles. The molecule has 124 valence electrons. The van der Waals surface area contributed by atoms with Crippen molar-refractivity contribution in [2.75, 3.05) is 32.7 Å². The van der Waals surface area contributed by atoms with Crippen molar-refractivity contribution < 1.29 is 0 Å². The lowest BCUT2D eigenvalue weighted by atomic mass is 9.52. The largest absolute Gasteiger partial charge is 0.313 e. The first-order valence-corrected chi connectivity index (χ1v) is 10.0. The van der Waals surface area contributed by atoms with Gasteiger partial charge in [0.1, 0.15) is 0 Å². The maximum absolute atomic E-state index is 3.71. The molecule has 4 bridgehead atoms. The first-order valence-electron chi connectivity index (χ1n) is 10.0. The van der Waals surface area contributed by atoms with E-state index in [1.807, 2.05) is 0 Å². The summed E-state index contributed by atoms with van der Waals surface area (Å²) in [6.07, 6.45) is 14.3. The van der Waals surface area contributed by atoms with Gasteiger partial charge in [-0.1, -0.05) is 6.42 Å². The molecule has 0 aromatic heterocycles. The van der Waals surface area contributed by atoms with Crippen LogP contribution < -0.4 is 5.32 Å². The Morgan fingerprint density at radius 3 is 2.05 bits per heavy atom. The van der Waals surface area contributed by atoms with Gasteiger partial charge in [0.05, 0.1) is 6.17 Å². The molecule has 3 heteroatoms. The second-order valence-electron chi connectivity index (χ2n) is 9.12. The van der Waals surface area contributed by atoms with Gasteiger partial charge in [0.15, 0.2) is 0 Å². The van der Waals surface area contributed by atoms with Crippen LogP contribution in [0.4, 0.5) is 0 Å². The van der Waals surface area contributed by atoms with Gasteiger partial charge < -0.3 is 5.32 Å². The van der Waals surface area contributed by atoms with Gasteiger partial charge in [0.25, 0.3) is 0 Å². The third kappa shape index (κ3) is 2.27. The maximum Gasteiger partial charge on any atom is 0.0756 e. The number of nitrogens with zero attached hydrogens (tertiary/aromatic N) is 2. The lowest BCUT2D eigenvalue weighted by Crippen LogP contribution is -2.70. The summed E-state index contributed by atoms with van der Waals surface area (Å²) in [6, 6.07) is 0. The van der Waals surface area contributed by atoms with E-state index in [4.69, 9.17) is 0 Å². The van der Waals surface area contributed by atoms with E-state index in [1.54, 1.807) is 19.3 Å². The van der Waals surface area contributed by atoms with E-state index in [-0.39, 0.29) is 0 Å². The van der Waals surface area contributed by atoms with E-state index < -0.39 is 0 Å². The van der Waals surface area contributed by atoms with Gasteiger partial charge in [-0.3, -0.25) is 9.80 Å². The Kier molecular flexibility index (Phi) is 3.53. The van der Waals surface area contributed by atoms with Crippen LogP contribution in [0.15, 0.2) is 0 Å². The van der Waals surface area contributed by atoms with Crippen LogP contribution in [0, 0.1) is 17.8 Å². The normalized spacial score (nSPS) is 49.6. The Morgan fingerprint density at radius 1 is 0.773 bits per heavy atom. The fourth-order valence-electron chi connectivity index (χ4n) is 7.20. The van der Waals surface area contributed by atoms with Crippen LogP contribution in [-0.4, -0.2) is 54.2 Å². The van der Waals surface area contributed by atoms with E-state index in [0.29, 0.717) is 11.7 Å². The van der Waals surface area contributed by atoms with Crippen LogP contribution in [0.5, 0.6) is 0 Å². The SMILES string of the molecule is C1CCN(C2CNCCN2C23CC4CC(CC(C4)C2)C3)CC1. The van der Waals surface area contributed by atoms with Crippen molar-refractivity contribution in [2.24, 2.45) is 17.8 Å². The first kappa shape index (κ1) is 14.2. The molecule has 2 saturated heterocycles.